The van der Waals surface area contributed by atoms with Gasteiger partial charge in [0.15, 0.2) is 6.10 Å². The number of allylic oxidation sites excluding steroid dienone is 1. The van der Waals surface area contributed by atoms with Crippen LogP contribution in [0.3, 0.4) is 0 Å². The van der Waals surface area contributed by atoms with E-state index < -0.39 is 54.0 Å². The van der Waals surface area contributed by atoms with E-state index in [0.29, 0.717) is 12.0 Å². The van der Waals surface area contributed by atoms with Crippen molar-refractivity contribution in [3.63, 3.8) is 0 Å². The topological polar surface area (TPSA) is 150 Å². The van der Waals surface area contributed by atoms with Crippen LogP contribution in [0.2, 0.25) is 0 Å². The zero-order chi connectivity index (χ0) is 34.4. The lowest BCUT2D eigenvalue weighted by atomic mass is 9.95. The van der Waals surface area contributed by atoms with E-state index in [1.54, 1.807) is 39.1 Å². The van der Waals surface area contributed by atoms with Crippen LogP contribution in [0, 0.1) is 11.8 Å². The number of carbonyl (C=O) groups excluding carboxylic acids is 4. The summed E-state index contributed by atoms with van der Waals surface area (Å²) in [6.07, 6.45) is 2.55. The molecular weight excluding hydrogens is 600 g/mol. The van der Waals surface area contributed by atoms with E-state index in [-0.39, 0.29) is 24.0 Å². The normalized spacial score (nSPS) is 27.3. The summed E-state index contributed by atoms with van der Waals surface area (Å²) in [5, 5.41) is 16.7. The summed E-state index contributed by atoms with van der Waals surface area (Å²) in [6, 6.07) is 10.7. The van der Waals surface area contributed by atoms with Crippen LogP contribution in [0.25, 0.3) is 10.9 Å². The monoisotopic (exact) mass is 646 g/mol. The van der Waals surface area contributed by atoms with Crippen molar-refractivity contribution in [3.8, 4) is 5.75 Å². The molecule has 0 aliphatic carbocycles. The minimum Gasteiger partial charge on any atom is -0.508 e. The predicted octanol–water partition coefficient (Wildman–Crippen LogP) is 4.17. The third-order valence-electron chi connectivity index (χ3n) is 8.94. The number of aromatic nitrogens is 1. The lowest BCUT2D eigenvalue weighted by molar-refractivity contribution is -0.164. The highest BCUT2D eigenvalue weighted by Crippen LogP contribution is 2.27. The van der Waals surface area contributed by atoms with Gasteiger partial charge >= 0.3 is 5.97 Å². The fourth-order valence-corrected chi connectivity index (χ4v) is 6.01. The summed E-state index contributed by atoms with van der Waals surface area (Å²) in [7, 11) is 2.89. The molecule has 1 aliphatic heterocycles. The molecule has 1 aliphatic rings. The Balaban J connectivity index is 1.80. The largest absolute Gasteiger partial charge is 0.508 e. The molecule has 3 amide bonds. The van der Waals surface area contributed by atoms with Gasteiger partial charge in [-0.05, 0) is 56.5 Å². The predicted molar refractivity (Wildman–Crippen MR) is 178 cm³/mol. The molecule has 11 heteroatoms. The summed E-state index contributed by atoms with van der Waals surface area (Å²) >= 11 is 0. The third kappa shape index (κ3) is 8.40. The zero-order valence-corrected chi connectivity index (χ0v) is 28.1. The van der Waals surface area contributed by atoms with Crippen LogP contribution in [0.5, 0.6) is 5.75 Å². The van der Waals surface area contributed by atoms with Crippen LogP contribution >= 0.6 is 0 Å². The zero-order valence-electron chi connectivity index (χ0n) is 28.1. The van der Waals surface area contributed by atoms with Gasteiger partial charge in [0.2, 0.25) is 17.7 Å². The first kappa shape index (κ1) is 35.2. The van der Waals surface area contributed by atoms with E-state index in [1.807, 2.05) is 44.2 Å². The van der Waals surface area contributed by atoms with Crippen molar-refractivity contribution in [2.75, 3.05) is 14.2 Å². The number of aromatic hydroxyl groups is 1. The molecule has 0 fully saturated rings. The van der Waals surface area contributed by atoms with E-state index in [0.717, 1.165) is 22.0 Å². The Bertz CT molecular complexity index is 1610. The molecule has 1 aromatic heterocycles. The number of methoxy groups -OCH3 is 1. The summed E-state index contributed by atoms with van der Waals surface area (Å²) in [5.41, 5.74) is 3.11. The number of phenols is 1. The summed E-state index contributed by atoms with van der Waals surface area (Å²) in [5.74, 6) is -2.58. The first-order valence-corrected chi connectivity index (χ1v) is 15.9. The third-order valence-corrected chi connectivity index (χ3v) is 8.94. The van der Waals surface area contributed by atoms with Crippen LogP contribution in [0.4, 0.5) is 0 Å². The number of carbonyl (C=O) groups is 4. The second kappa shape index (κ2) is 15.3. The maximum Gasteiger partial charge on any atom is 0.338 e. The number of benzene rings is 2. The SMILES string of the molecule is COC1C(=O)OC(C)C(C)C=C(C)CC(C)C(=O)NC(C)C(=O)N(C)C(Cc2c[nH]c3ccccc23)C(=O)NC1c1ccc(O)cc1. The first-order chi connectivity index (χ1) is 22.3. The van der Waals surface area contributed by atoms with Gasteiger partial charge in [0.1, 0.15) is 23.9 Å². The Kier molecular flexibility index (Phi) is 11.5. The number of para-hydroxylation sites is 1. The van der Waals surface area contributed by atoms with E-state index >= 15 is 0 Å². The Morgan fingerprint density at radius 2 is 1.64 bits per heavy atom. The minimum atomic E-state index is -1.25. The van der Waals surface area contributed by atoms with Gasteiger partial charge in [0.25, 0.3) is 0 Å². The highest BCUT2D eigenvalue weighted by atomic mass is 16.6. The second-order valence-corrected chi connectivity index (χ2v) is 12.6. The number of nitrogens with zero attached hydrogens (tertiary/aromatic N) is 1. The lowest BCUT2D eigenvalue weighted by Gasteiger charge is -2.33. The van der Waals surface area contributed by atoms with Gasteiger partial charge in [-0.3, -0.25) is 14.4 Å². The molecule has 2 heterocycles. The lowest BCUT2D eigenvalue weighted by Crippen LogP contribution is -2.56. The Labute approximate surface area is 275 Å². The van der Waals surface area contributed by atoms with E-state index in [1.165, 1.54) is 31.2 Å². The van der Waals surface area contributed by atoms with Crippen LogP contribution in [-0.2, 0) is 35.1 Å². The van der Waals surface area contributed by atoms with Crippen molar-refractivity contribution in [2.45, 2.75) is 77.8 Å². The molecule has 2 aromatic carbocycles. The van der Waals surface area contributed by atoms with Crippen LogP contribution in [-0.4, -0.2) is 77.1 Å². The molecule has 4 rings (SSSR count). The average Bonchev–Trinajstić information content (AvgIpc) is 3.45. The number of likely N-dealkylation sites (N-methyl/N-ethyl adjacent to an activating group) is 1. The summed E-state index contributed by atoms with van der Waals surface area (Å²) < 4.78 is 11.6. The van der Waals surface area contributed by atoms with Crippen LogP contribution < -0.4 is 10.6 Å². The fraction of sp³-hybridized carbons (Fsp3) is 0.444. The number of rotatable bonds is 4. The number of amides is 3. The summed E-state index contributed by atoms with van der Waals surface area (Å²) in [4.78, 5) is 59.6. The number of fused-ring (bicyclic) bond motifs is 1. The molecule has 7 atom stereocenters. The van der Waals surface area contributed by atoms with Crippen molar-refractivity contribution in [1.29, 1.82) is 0 Å². The van der Waals surface area contributed by atoms with Crippen molar-refractivity contribution in [1.82, 2.24) is 20.5 Å². The molecule has 252 valence electrons. The van der Waals surface area contributed by atoms with Crippen LogP contribution in [0.1, 0.15) is 58.2 Å². The number of ether oxygens (including phenoxy) is 2. The highest BCUT2D eigenvalue weighted by Gasteiger charge is 2.38. The first-order valence-electron chi connectivity index (χ1n) is 15.9. The molecule has 0 saturated carbocycles. The van der Waals surface area contributed by atoms with Gasteiger partial charge in [-0.15, -0.1) is 0 Å². The van der Waals surface area contributed by atoms with Gasteiger partial charge < -0.3 is 35.1 Å². The molecule has 3 aromatic rings. The number of hydrogen-bond acceptors (Lipinski definition) is 7. The molecule has 0 saturated heterocycles. The van der Waals surface area contributed by atoms with E-state index in [4.69, 9.17) is 9.47 Å². The van der Waals surface area contributed by atoms with Gasteiger partial charge in [-0.2, -0.15) is 0 Å². The second-order valence-electron chi connectivity index (χ2n) is 12.6. The number of hydrogen-bond donors (Lipinski definition) is 4. The number of esters is 1. The van der Waals surface area contributed by atoms with Gasteiger partial charge in [0, 0.05) is 49.5 Å². The molecular formula is C36H46N4O7. The Morgan fingerprint density at radius 3 is 2.32 bits per heavy atom. The molecule has 0 bridgehead atoms. The average molecular weight is 647 g/mol. The van der Waals surface area contributed by atoms with E-state index in [2.05, 4.69) is 15.6 Å². The molecule has 4 N–H and O–H groups in total. The van der Waals surface area contributed by atoms with Crippen molar-refractivity contribution >= 4 is 34.6 Å². The van der Waals surface area contributed by atoms with E-state index in [9.17, 15) is 24.3 Å². The van der Waals surface area contributed by atoms with Gasteiger partial charge in [0.05, 0.1) is 6.04 Å². The van der Waals surface area contributed by atoms with Gasteiger partial charge in [-0.25, -0.2) is 4.79 Å². The van der Waals surface area contributed by atoms with Crippen molar-refractivity contribution in [3.05, 3.63) is 77.5 Å². The molecule has 47 heavy (non-hydrogen) atoms. The fourth-order valence-electron chi connectivity index (χ4n) is 6.01. The number of aromatic amines is 1. The number of phenolic OH excluding ortho intramolecular Hbond substituents is 1. The Morgan fingerprint density at radius 1 is 0.957 bits per heavy atom. The summed E-state index contributed by atoms with van der Waals surface area (Å²) in [6.45, 7) is 9.00. The maximum absolute atomic E-state index is 14.4. The molecule has 0 radical (unpaired) electrons. The standard InChI is InChI=1S/C36H46N4O7/c1-20-16-21(2)24(5)47-36(45)32(46-7)31(25-12-14-27(41)15-13-25)39-34(43)30(18-26-19-37-29-11-9-8-10-28(26)29)40(6)35(44)23(4)38-33(42)22(3)17-20/h8-16,19,21-24,30-32,37,41H,17-18H2,1-7H3,(H,38,42)(H,39,43). The van der Waals surface area contributed by atoms with Crippen molar-refractivity contribution in [2.24, 2.45) is 11.8 Å². The van der Waals surface area contributed by atoms with Crippen molar-refractivity contribution < 1.29 is 33.8 Å². The minimum absolute atomic E-state index is 0.00862. The smallest absolute Gasteiger partial charge is 0.338 e. The molecule has 0 spiro atoms. The molecule has 7 unspecified atom stereocenters. The quantitative estimate of drug-likeness (QED) is 0.246. The Hall–Kier alpha value is -4.64. The molecule has 11 nitrogen and oxygen atoms in total. The van der Waals surface area contributed by atoms with Crippen LogP contribution in [0.15, 0.2) is 66.4 Å². The number of nitrogens with one attached hydrogen (secondary N) is 3. The number of cyclic esters (lactones) is 1. The maximum atomic E-state index is 14.4. The van der Waals surface area contributed by atoms with Gasteiger partial charge in [-0.1, -0.05) is 55.8 Å². The number of H-pyrrole nitrogens is 1. The highest BCUT2D eigenvalue weighted by molar-refractivity contribution is 5.93.